The van der Waals surface area contributed by atoms with Gasteiger partial charge in [-0.25, -0.2) is 0 Å². The summed E-state index contributed by atoms with van der Waals surface area (Å²) < 4.78 is 0. The van der Waals surface area contributed by atoms with Crippen LogP contribution in [-0.4, -0.2) is 0 Å². The van der Waals surface area contributed by atoms with Gasteiger partial charge in [0.2, 0.25) is 0 Å². The summed E-state index contributed by atoms with van der Waals surface area (Å²) in [5, 5.41) is 0. The van der Waals surface area contributed by atoms with Crippen LogP contribution in [0.15, 0.2) is 36.4 Å². The Bertz CT molecular complexity index is 509. The molecule has 0 nitrogen and oxygen atoms in total. The molecular weight excluding hydrogens is 180 g/mol. The summed E-state index contributed by atoms with van der Waals surface area (Å²) in [5.74, 6) is 0. The normalized spacial score (nSPS) is 12.3. The summed E-state index contributed by atoms with van der Waals surface area (Å²) >= 11 is 0. The van der Waals surface area contributed by atoms with Crippen LogP contribution in [0.2, 0.25) is 0 Å². The Morgan fingerprint density at radius 1 is 1.20 bits per heavy atom. The summed E-state index contributed by atoms with van der Waals surface area (Å²) in [6.07, 6.45) is 2.16. The molecule has 1 aliphatic carbocycles. The second-order valence-electron chi connectivity index (χ2n) is 4.04. The molecule has 1 aliphatic rings. The van der Waals surface area contributed by atoms with Crippen molar-refractivity contribution in [2.45, 2.75) is 19.8 Å². The topological polar surface area (TPSA) is 0 Å². The van der Waals surface area contributed by atoms with E-state index in [1.807, 2.05) is 6.07 Å². The lowest BCUT2D eigenvalue weighted by Crippen LogP contribution is -1.87. The molecule has 0 unspecified atom stereocenters. The Hall–Kier alpha value is -1.56. The van der Waals surface area contributed by atoms with Crippen molar-refractivity contribution in [3.63, 3.8) is 0 Å². The largest absolute Gasteiger partial charge is 0.0617 e. The average molecular weight is 193 g/mol. The van der Waals surface area contributed by atoms with Crippen LogP contribution in [-0.2, 0) is 12.8 Å². The molecule has 15 heavy (non-hydrogen) atoms. The Morgan fingerprint density at radius 2 is 2.13 bits per heavy atom. The first-order valence-corrected chi connectivity index (χ1v) is 5.51. The highest BCUT2D eigenvalue weighted by molar-refractivity contribution is 5.79. The van der Waals surface area contributed by atoms with E-state index in [2.05, 4.69) is 43.3 Å². The number of rotatable bonds is 1. The van der Waals surface area contributed by atoms with Crippen LogP contribution >= 0.6 is 0 Å². The lowest BCUT2D eigenvalue weighted by molar-refractivity contribution is 1.13. The van der Waals surface area contributed by atoms with Gasteiger partial charge in [0.1, 0.15) is 0 Å². The van der Waals surface area contributed by atoms with Crippen LogP contribution in [0.1, 0.15) is 23.6 Å². The summed E-state index contributed by atoms with van der Waals surface area (Å²) in [4.78, 5) is 0. The van der Waals surface area contributed by atoms with Crippen molar-refractivity contribution >= 4 is 0 Å². The van der Waals surface area contributed by atoms with Gasteiger partial charge < -0.3 is 0 Å². The molecule has 0 amide bonds. The van der Waals surface area contributed by atoms with Crippen LogP contribution in [0, 0.1) is 6.07 Å². The van der Waals surface area contributed by atoms with E-state index in [0.717, 1.165) is 12.8 Å². The molecule has 0 bridgehead atoms. The van der Waals surface area contributed by atoms with Gasteiger partial charge in [-0.2, -0.15) is 0 Å². The lowest BCUT2D eigenvalue weighted by atomic mass is 9.98. The Labute approximate surface area is 90.6 Å². The molecule has 2 aromatic carbocycles. The van der Waals surface area contributed by atoms with Crippen LogP contribution in [0.25, 0.3) is 11.1 Å². The molecule has 0 aromatic heterocycles. The fraction of sp³-hybridized carbons (Fsp3) is 0.200. The number of benzene rings is 2. The van der Waals surface area contributed by atoms with Crippen LogP contribution in [0.5, 0.6) is 0 Å². The SMILES string of the molecule is CCc1cccc2c1-c1ccc[c]c1C2. The Balaban J connectivity index is 2.30. The van der Waals surface area contributed by atoms with Crippen molar-refractivity contribution in [2.75, 3.05) is 0 Å². The van der Waals surface area contributed by atoms with Crippen LogP contribution < -0.4 is 0 Å². The van der Waals surface area contributed by atoms with Gasteiger partial charge in [0, 0.05) is 0 Å². The predicted octanol–water partition coefficient (Wildman–Crippen LogP) is 3.62. The highest BCUT2D eigenvalue weighted by Crippen LogP contribution is 2.38. The predicted molar refractivity (Wildman–Crippen MR) is 62.9 cm³/mol. The zero-order valence-corrected chi connectivity index (χ0v) is 8.88. The lowest BCUT2D eigenvalue weighted by Gasteiger charge is -2.06. The monoisotopic (exact) mass is 193 g/mol. The maximum absolute atomic E-state index is 3.35. The van der Waals surface area contributed by atoms with Crippen molar-refractivity contribution in [1.29, 1.82) is 0 Å². The standard InChI is InChI=1S/C15H13/c1-2-11-7-5-8-13-10-12-6-3-4-9-14(12)15(11)13/h3-5,7-9H,2,10H2,1H3. The highest BCUT2D eigenvalue weighted by Gasteiger charge is 2.19. The van der Waals surface area contributed by atoms with Crippen molar-refractivity contribution in [3.05, 3.63) is 59.2 Å². The fourth-order valence-electron chi connectivity index (χ4n) is 2.48. The van der Waals surface area contributed by atoms with E-state index < -0.39 is 0 Å². The van der Waals surface area contributed by atoms with Gasteiger partial charge in [0.25, 0.3) is 0 Å². The smallest absolute Gasteiger partial charge is 0.000718 e. The minimum Gasteiger partial charge on any atom is -0.0617 e. The van der Waals surface area contributed by atoms with E-state index in [4.69, 9.17) is 0 Å². The van der Waals surface area contributed by atoms with Crippen molar-refractivity contribution in [1.82, 2.24) is 0 Å². The van der Waals surface area contributed by atoms with E-state index in [-0.39, 0.29) is 0 Å². The minimum absolute atomic E-state index is 1.05. The van der Waals surface area contributed by atoms with Gasteiger partial charge in [-0.15, -0.1) is 0 Å². The number of hydrogen-bond donors (Lipinski definition) is 0. The first-order chi connectivity index (χ1) is 7.40. The molecule has 73 valence electrons. The zero-order valence-electron chi connectivity index (χ0n) is 8.88. The van der Waals surface area contributed by atoms with E-state index in [1.165, 1.54) is 27.8 Å². The first kappa shape index (κ1) is 8.72. The molecule has 0 heteroatoms. The molecule has 0 aliphatic heterocycles. The summed E-state index contributed by atoms with van der Waals surface area (Å²) in [5.41, 5.74) is 7.14. The molecule has 0 spiro atoms. The van der Waals surface area contributed by atoms with E-state index in [9.17, 15) is 0 Å². The van der Waals surface area contributed by atoms with E-state index in [1.54, 1.807) is 0 Å². The fourth-order valence-corrected chi connectivity index (χ4v) is 2.48. The minimum atomic E-state index is 1.05. The van der Waals surface area contributed by atoms with Gasteiger partial charge in [-0.1, -0.05) is 43.3 Å². The summed E-state index contributed by atoms with van der Waals surface area (Å²) in [7, 11) is 0. The highest BCUT2D eigenvalue weighted by atomic mass is 14.2. The third-order valence-electron chi connectivity index (χ3n) is 3.20. The molecule has 0 atom stereocenters. The third-order valence-corrected chi connectivity index (χ3v) is 3.20. The summed E-state index contributed by atoms with van der Waals surface area (Å²) in [6, 6.07) is 16.3. The number of aryl methyl sites for hydroxylation is 1. The molecule has 1 radical (unpaired) electrons. The molecule has 0 saturated heterocycles. The van der Waals surface area contributed by atoms with Crippen LogP contribution in [0.3, 0.4) is 0 Å². The Kier molecular flexibility index (Phi) is 1.88. The molecular formula is C15H13. The molecule has 3 rings (SSSR count). The van der Waals surface area contributed by atoms with Gasteiger partial charge in [0.05, 0.1) is 0 Å². The second kappa shape index (κ2) is 3.23. The zero-order chi connectivity index (χ0) is 10.3. The molecule has 0 N–H and O–H groups in total. The van der Waals surface area contributed by atoms with Gasteiger partial charge in [-0.3, -0.25) is 0 Å². The molecule has 0 fully saturated rings. The van der Waals surface area contributed by atoms with Gasteiger partial charge in [-0.05, 0) is 46.7 Å². The molecule has 0 saturated carbocycles. The van der Waals surface area contributed by atoms with Gasteiger partial charge in [0.15, 0.2) is 0 Å². The van der Waals surface area contributed by atoms with E-state index >= 15 is 0 Å². The van der Waals surface area contributed by atoms with Crippen molar-refractivity contribution in [3.8, 4) is 11.1 Å². The quantitative estimate of drug-likeness (QED) is 0.553. The average Bonchev–Trinajstić information content (AvgIpc) is 2.67. The van der Waals surface area contributed by atoms with Crippen molar-refractivity contribution in [2.24, 2.45) is 0 Å². The van der Waals surface area contributed by atoms with Gasteiger partial charge >= 0.3 is 0 Å². The van der Waals surface area contributed by atoms with E-state index in [0.29, 0.717) is 0 Å². The van der Waals surface area contributed by atoms with Crippen LogP contribution in [0.4, 0.5) is 0 Å². The number of hydrogen-bond acceptors (Lipinski definition) is 0. The molecule has 0 heterocycles. The maximum Gasteiger partial charge on any atom is -0.000718 e. The van der Waals surface area contributed by atoms with Crippen molar-refractivity contribution < 1.29 is 0 Å². The first-order valence-electron chi connectivity index (χ1n) is 5.51. The summed E-state index contributed by atoms with van der Waals surface area (Å²) in [6.45, 7) is 2.22. The second-order valence-corrected chi connectivity index (χ2v) is 4.04. The molecule has 2 aromatic rings. The number of fused-ring (bicyclic) bond motifs is 3. The third kappa shape index (κ3) is 1.21. The maximum atomic E-state index is 3.35. The Morgan fingerprint density at radius 3 is 3.00 bits per heavy atom.